The molecule has 1 saturated carbocycles. The highest BCUT2D eigenvalue weighted by Gasteiger charge is 2.31. The predicted molar refractivity (Wildman–Crippen MR) is 96.7 cm³/mol. The van der Waals surface area contributed by atoms with Crippen LogP contribution in [-0.4, -0.2) is 44.1 Å². The van der Waals surface area contributed by atoms with Crippen LogP contribution in [0.2, 0.25) is 0 Å². The van der Waals surface area contributed by atoms with Gasteiger partial charge in [-0.05, 0) is 30.9 Å². The maximum absolute atomic E-state index is 12.6. The number of hydrogen-bond acceptors (Lipinski definition) is 4. The lowest BCUT2D eigenvalue weighted by atomic mass is 9.86. The molecule has 0 bridgehead atoms. The van der Waals surface area contributed by atoms with Crippen molar-refractivity contribution in [2.45, 2.75) is 44.8 Å². The Morgan fingerprint density at radius 3 is 2.76 bits per heavy atom. The molecular weight excluding hydrogens is 318 g/mol. The van der Waals surface area contributed by atoms with Gasteiger partial charge in [0.15, 0.2) is 6.10 Å². The molecule has 0 unspecified atom stereocenters. The van der Waals surface area contributed by atoms with Crippen LogP contribution in [0.15, 0.2) is 24.3 Å². The summed E-state index contributed by atoms with van der Waals surface area (Å²) in [4.78, 5) is 26.5. The summed E-state index contributed by atoms with van der Waals surface area (Å²) in [5, 5.41) is 5.80. The van der Waals surface area contributed by atoms with Crippen LogP contribution in [0.4, 0.5) is 5.69 Å². The molecule has 3 rings (SSSR count). The average Bonchev–Trinajstić information content (AvgIpc) is 2.62. The number of ether oxygens (including phenoxy) is 1. The summed E-state index contributed by atoms with van der Waals surface area (Å²) < 4.78 is 5.78. The Morgan fingerprint density at radius 1 is 1.24 bits per heavy atom. The van der Waals surface area contributed by atoms with Gasteiger partial charge in [-0.25, -0.2) is 0 Å². The lowest BCUT2D eigenvalue weighted by molar-refractivity contribution is -0.128. The molecule has 1 aliphatic heterocycles. The summed E-state index contributed by atoms with van der Waals surface area (Å²) >= 11 is 0. The van der Waals surface area contributed by atoms with E-state index in [-0.39, 0.29) is 24.4 Å². The summed E-state index contributed by atoms with van der Waals surface area (Å²) in [6.45, 7) is 2.80. The first kappa shape index (κ1) is 17.6. The van der Waals surface area contributed by atoms with Gasteiger partial charge in [0.1, 0.15) is 5.75 Å². The summed E-state index contributed by atoms with van der Waals surface area (Å²) in [5.74, 6) is 0.987. The quantitative estimate of drug-likeness (QED) is 0.871. The van der Waals surface area contributed by atoms with Gasteiger partial charge in [-0.3, -0.25) is 9.59 Å². The van der Waals surface area contributed by atoms with Gasteiger partial charge in [-0.1, -0.05) is 31.9 Å². The van der Waals surface area contributed by atoms with Crippen molar-refractivity contribution in [1.82, 2.24) is 10.6 Å². The van der Waals surface area contributed by atoms with Crippen LogP contribution in [-0.2, 0) is 9.59 Å². The topological polar surface area (TPSA) is 70.7 Å². The number of anilines is 1. The molecule has 3 atom stereocenters. The van der Waals surface area contributed by atoms with E-state index in [9.17, 15) is 9.59 Å². The van der Waals surface area contributed by atoms with Gasteiger partial charge in [0, 0.05) is 13.1 Å². The molecule has 6 nitrogen and oxygen atoms in total. The van der Waals surface area contributed by atoms with Crippen molar-refractivity contribution in [3.8, 4) is 5.75 Å². The van der Waals surface area contributed by atoms with E-state index in [1.165, 1.54) is 19.3 Å². The van der Waals surface area contributed by atoms with E-state index in [2.05, 4.69) is 17.6 Å². The number of likely N-dealkylation sites (N-methyl/N-ethyl adjacent to an activating group) is 1. The van der Waals surface area contributed by atoms with Crippen LogP contribution in [0.1, 0.15) is 32.6 Å². The van der Waals surface area contributed by atoms with E-state index >= 15 is 0 Å². The van der Waals surface area contributed by atoms with Crippen molar-refractivity contribution in [3.05, 3.63) is 24.3 Å². The fraction of sp³-hybridized carbons (Fsp3) is 0.579. The van der Waals surface area contributed by atoms with Crippen molar-refractivity contribution in [3.63, 3.8) is 0 Å². The number of nitrogens with zero attached hydrogens (tertiary/aromatic N) is 1. The fourth-order valence-corrected chi connectivity index (χ4v) is 3.71. The highest BCUT2D eigenvalue weighted by molar-refractivity contribution is 5.86. The van der Waals surface area contributed by atoms with E-state index in [0.717, 1.165) is 12.1 Å². The number of para-hydroxylation sites is 2. The second-order valence-electron chi connectivity index (χ2n) is 7.00. The van der Waals surface area contributed by atoms with Gasteiger partial charge < -0.3 is 20.3 Å². The number of nitrogens with one attached hydrogen (secondary N) is 2. The summed E-state index contributed by atoms with van der Waals surface area (Å²) in [6.07, 6.45) is 4.03. The predicted octanol–water partition coefficient (Wildman–Crippen LogP) is 1.69. The standard InChI is InChI=1S/C19H27N3O3/c1-13-7-3-4-8-14(13)21-18(23)12-22-11-17(19(24)20-2)25-16-10-6-5-9-15(16)22/h5-6,9-10,13-14,17H,3-4,7-8,11-12H2,1-2H3,(H,20,24)(H,21,23)/t13-,14+,17+/m0/s1. The van der Waals surface area contributed by atoms with E-state index < -0.39 is 6.10 Å². The van der Waals surface area contributed by atoms with E-state index in [4.69, 9.17) is 4.74 Å². The number of amides is 2. The summed E-state index contributed by atoms with van der Waals surface area (Å²) in [6, 6.07) is 7.79. The highest BCUT2D eigenvalue weighted by Crippen LogP contribution is 2.33. The number of benzene rings is 1. The summed E-state index contributed by atoms with van der Waals surface area (Å²) in [7, 11) is 1.59. The van der Waals surface area contributed by atoms with E-state index in [1.807, 2.05) is 29.2 Å². The summed E-state index contributed by atoms with van der Waals surface area (Å²) in [5.41, 5.74) is 0.856. The van der Waals surface area contributed by atoms with Crippen molar-refractivity contribution < 1.29 is 14.3 Å². The van der Waals surface area contributed by atoms with Crippen LogP contribution in [0.3, 0.4) is 0 Å². The van der Waals surface area contributed by atoms with Gasteiger partial charge in [-0.2, -0.15) is 0 Å². The SMILES string of the molecule is CNC(=O)[C@H]1CN(CC(=O)N[C@@H]2CCCC[C@@H]2C)c2ccccc2O1. The maximum atomic E-state index is 12.6. The first-order valence-electron chi connectivity index (χ1n) is 9.10. The van der Waals surface area contributed by atoms with Gasteiger partial charge in [0.05, 0.1) is 18.8 Å². The molecule has 1 aromatic carbocycles. The molecule has 1 fully saturated rings. The van der Waals surface area contributed by atoms with Crippen LogP contribution < -0.4 is 20.3 Å². The van der Waals surface area contributed by atoms with Crippen LogP contribution >= 0.6 is 0 Å². The average molecular weight is 345 g/mol. The second-order valence-corrected chi connectivity index (χ2v) is 7.00. The molecule has 1 heterocycles. The lowest BCUT2D eigenvalue weighted by Crippen LogP contribution is -2.52. The van der Waals surface area contributed by atoms with Crippen molar-refractivity contribution >= 4 is 17.5 Å². The third-order valence-corrected chi connectivity index (χ3v) is 5.19. The molecule has 0 aromatic heterocycles. The van der Waals surface area contributed by atoms with Gasteiger partial charge in [-0.15, -0.1) is 0 Å². The van der Waals surface area contributed by atoms with E-state index in [1.54, 1.807) is 7.05 Å². The molecule has 6 heteroatoms. The molecule has 2 N–H and O–H groups in total. The first-order valence-corrected chi connectivity index (χ1v) is 9.10. The van der Waals surface area contributed by atoms with Crippen LogP contribution in [0, 0.1) is 5.92 Å². The minimum absolute atomic E-state index is 0.00566. The molecule has 1 aliphatic carbocycles. The fourth-order valence-electron chi connectivity index (χ4n) is 3.71. The number of carbonyl (C=O) groups is 2. The van der Waals surface area contributed by atoms with Crippen LogP contribution in [0.25, 0.3) is 0 Å². The highest BCUT2D eigenvalue weighted by atomic mass is 16.5. The Labute approximate surface area is 148 Å². The van der Waals surface area contributed by atoms with Gasteiger partial charge in [0.2, 0.25) is 5.91 Å². The second kappa shape index (κ2) is 7.76. The zero-order valence-electron chi connectivity index (χ0n) is 15.0. The number of hydrogen-bond donors (Lipinski definition) is 2. The molecule has 0 spiro atoms. The van der Waals surface area contributed by atoms with E-state index in [0.29, 0.717) is 18.2 Å². The molecule has 25 heavy (non-hydrogen) atoms. The number of carbonyl (C=O) groups excluding carboxylic acids is 2. The Bertz CT molecular complexity index is 634. The minimum atomic E-state index is -0.610. The smallest absolute Gasteiger partial charge is 0.262 e. The number of fused-ring (bicyclic) bond motifs is 1. The third-order valence-electron chi connectivity index (χ3n) is 5.19. The Hall–Kier alpha value is -2.24. The molecule has 2 aliphatic rings. The Balaban J connectivity index is 1.69. The molecule has 0 saturated heterocycles. The minimum Gasteiger partial charge on any atom is -0.477 e. The Kier molecular flexibility index (Phi) is 5.46. The zero-order chi connectivity index (χ0) is 17.8. The first-order chi connectivity index (χ1) is 12.1. The monoisotopic (exact) mass is 345 g/mol. The Morgan fingerprint density at radius 2 is 2.00 bits per heavy atom. The number of rotatable bonds is 4. The molecule has 2 amide bonds. The molecule has 0 radical (unpaired) electrons. The van der Waals surface area contributed by atoms with Gasteiger partial charge >= 0.3 is 0 Å². The van der Waals surface area contributed by atoms with Crippen molar-refractivity contribution in [2.75, 3.05) is 25.0 Å². The molecular formula is C19H27N3O3. The molecule has 1 aromatic rings. The zero-order valence-corrected chi connectivity index (χ0v) is 15.0. The maximum Gasteiger partial charge on any atom is 0.262 e. The third kappa shape index (κ3) is 4.06. The lowest BCUT2D eigenvalue weighted by Gasteiger charge is -2.36. The van der Waals surface area contributed by atoms with Crippen LogP contribution in [0.5, 0.6) is 5.75 Å². The normalized spacial score (nSPS) is 25.5. The largest absolute Gasteiger partial charge is 0.477 e. The molecule has 136 valence electrons. The van der Waals surface area contributed by atoms with Gasteiger partial charge in [0.25, 0.3) is 5.91 Å². The van der Waals surface area contributed by atoms with Crippen molar-refractivity contribution in [1.29, 1.82) is 0 Å². The van der Waals surface area contributed by atoms with Crippen molar-refractivity contribution in [2.24, 2.45) is 5.92 Å².